The first kappa shape index (κ1) is 72.4. The van der Waals surface area contributed by atoms with Crippen LogP contribution in [0.15, 0.2) is 48.6 Å². The lowest BCUT2D eigenvalue weighted by Crippen LogP contribution is -2.30. The average Bonchev–Trinajstić information content (AvgIpc) is 3.41. The van der Waals surface area contributed by atoms with Crippen molar-refractivity contribution in [2.45, 2.75) is 361 Å². The third kappa shape index (κ3) is 62.1. The monoisotopic (exact) mass is 1050 g/mol. The van der Waals surface area contributed by atoms with Gasteiger partial charge < -0.3 is 14.2 Å². The lowest BCUT2D eigenvalue weighted by atomic mass is 10.0. The second kappa shape index (κ2) is 63.9. The van der Waals surface area contributed by atoms with E-state index in [-0.39, 0.29) is 31.1 Å². The van der Waals surface area contributed by atoms with Crippen molar-refractivity contribution in [3.8, 4) is 0 Å². The summed E-state index contributed by atoms with van der Waals surface area (Å²) in [5.41, 5.74) is 0. The number of rotatable bonds is 61. The number of esters is 3. The molecular formula is C69H126O6. The second-order valence-corrected chi connectivity index (χ2v) is 22.4. The van der Waals surface area contributed by atoms with Crippen LogP contribution in [0, 0.1) is 0 Å². The highest BCUT2D eigenvalue weighted by Gasteiger charge is 2.19. The van der Waals surface area contributed by atoms with Gasteiger partial charge in [-0.2, -0.15) is 0 Å². The molecule has 1 unspecified atom stereocenters. The summed E-state index contributed by atoms with van der Waals surface area (Å²) >= 11 is 0. The third-order valence-electron chi connectivity index (χ3n) is 14.8. The molecule has 0 fully saturated rings. The van der Waals surface area contributed by atoms with Crippen molar-refractivity contribution in [3.63, 3.8) is 0 Å². The van der Waals surface area contributed by atoms with Crippen LogP contribution in [-0.4, -0.2) is 37.2 Å². The van der Waals surface area contributed by atoms with Gasteiger partial charge in [0.2, 0.25) is 0 Å². The fraction of sp³-hybridized carbons (Fsp3) is 0.841. The van der Waals surface area contributed by atoms with Gasteiger partial charge in [0.25, 0.3) is 0 Å². The van der Waals surface area contributed by atoms with Gasteiger partial charge in [-0.25, -0.2) is 0 Å². The molecule has 0 aromatic heterocycles. The lowest BCUT2D eigenvalue weighted by Gasteiger charge is -2.18. The molecule has 6 nitrogen and oxygen atoms in total. The molecule has 0 aliphatic rings. The molecule has 0 aliphatic carbocycles. The minimum Gasteiger partial charge on any atom is -0.462 e. The maximum atomic E-state index is 12.9. The van der Waals surface area contributed by atoms with Crippen LogP contribution in [0.1, 0.15) is 355 Å². The fourth-order valence-corrected chi connectivity index (χ4v) is 9.81. The van der Waals surface area contributed by atoms with E-state index >= 15 is 0 Å². The van der Waals surface area contributed by atoms with Gasteiger partial charge in [-0.1, -0.05) is 307 Å². The number of hydrogen-bond acceptors (Lipinski definition) is 6. The first-order chi connectivity index (χ1) is 37.0. The summed E-state index contributed by atoms with van der Waals surface area (Å²) in [5.74, 6) is -0.874. The van der Waals surface area contributed by atoms with Gasteiger partial charge in [-0.05, 0) is 77.0 Å². The molecule has 0 radical (unpaired) electrons. The van der Waals surface area contributed by atoms with Crippen molar-refractivity contribution in [1.29, 1.82) is 0 Å². The van der Waals surface area contributed by atoms with Gasteiger partial charge in [-0.3, -0.25) is 14.4 Å². The Morgan fingerprint density at radius 2 is 0.507 bits per heavy atom. The predicted molar refractivity (Wildman–Crippen MR) is 325 cm³/mol. The predicted octanol–water partition coefficient (Wildman–Crippen LogP) is 22.6. The van der Waals surface area contributed by atoms with Crippen molar-refractivity contribution >= 4 is 17.9 Å². The van der Waals surface area contributed by atoms with Gasteiger partial charge in [0.05, 0.1) is 0 Å². The maximum Gasteiger partial charge on any atom is 0.306 e. The molecule has 0 amide bonds. The first-order valence-electron chi connectivity index (χ1n) is 33.1. The van der Waals surface area contributed by atoms with E-state index in [2.05, 4.69) is 69.4 Å². The molecule has 0 aromatic carbocycles. The number of ether oxygens (including phenoxy) is 3. The molecule has 75 heavy (non-hydrogen) atoms. The molecule has 0 saturated carbocycles. The van der Waals surface area contributed by atoms with E-state index in [1.807, 2.05) is 0 Å². The zero-order chi connectivity index (χ0) is 54.3. The normalized spacial score (nSPS) is 12.3. The van der Waals surface area contributed by atoms with E-state index in [0.29, 0.717) is 19.3 Å². The van der Waals surface area contributed by atoms with Crippen LogP contribution in [0.25, 0.3) is 0 Å². The summed E-state index contributed by atoms with van der Waals surface area (Å²) < 4.78 is 16.9. The van der Waals surface area contributed by atoms with Crippen LogP contribution in [-0.2, 0) is 28.6 Å². The van der Waals surface area contributed by atoms with Gasteiger partial charge in [-0.15, -0.1) is 0 Å². The van der Waals surface area contributed by atoms with Crippen LogP contribution >= 0.6 is 0 Å². The number of unbranched alkanes of at least 4 members (excludes halogenated alkanes) is 42. The van der Waals surface area contributed by atoms with E-state index in [1.54, 1.807) is 0 Å². The molecule has 438 valence electrons. The van der Waals surface area contributed by atoms with Crippen molar-refractivity contribution in [3.05, 3.63) is 48.6 Å². The van der Waals surface area contributed by atoms with Gasteiger partial charge in [0, 0.05) is 19.3 Å². The summed E-state index contributed by atoms with van der Waals surface area (Å²) in [6, 6.07) is 0. The summed E-state index contributed by atoms with van der Waals surface area (Å²) in [7, 11) is 0. The zero-order valence-electron chi connectivity index (χ0n) is 50.3. The molecule has 0 aromatic rings. The molecule has 0 spiro atoms. The summed E-state index contributed by atoms with van der Waals surface area (Å²) in [4.78, 5) is 38.2. The van der Waals surface area contributed by atoms with Crippen LogP contribution < -0.4 is 0 Å². The molecule has 0 heterocycles. The number of carbonyl (C=O) groups is 3. The molecule has 1 atom stereocenters. The Balaban J connectivity index is 4.21. The van der Waals surface area contributed by atoms with E-state index in [9.17, 15) is 14.4 Å². The van der Waals surface area contributed by atoms with Gasteiger partial charge >= 0.3 is 17.9 Å². The maximum absolute atomic E-state index is 12.9. The van der Waals surface area contributed by atoms with E-state index < -0.39 is 6.10 Å². The molecule has 0 bridgehead atoms. The van der Waals surface area contributed by atoms with Crippen LogP contribution in [0.2, 0.25) is 0 Å². The summed E-state index contributed by atoms with van der Waals surface area (Å²) in [6.45, 7) is 6.61. The highest BCUT2D eigenvalue weighted by Crippen LogP contribution is 2.18. The Labute approximate surface area is 467 Å². The molecular weight excluding hydrogens is 925 g/mol. The van der Waals surface area contributed by atoms with Crippen molar-refractivity contribution in [2.75, 3.05) is 13.2 Å². The van der Waals surface area contributed by atoms with E-state index in [1.165, 1.54) is 225 Å². The van der Waals surface area contributed by atoms with Gasteiger partial charge in [0.1, 0.15) is 13.2 Å². The van der Waals surface area contributed by atoms with Crippen molar-refractivity contribution < 1.29 is 28.6 Å². The van der Waals surface area contributed by atoms with Crippen LogP contribution in [0.3, 0.4) is 0 Å². The molecule has 0 rings (SSSR count). The molecule has 0 aliphatic heterocycles. The average molecular weight is 1050 g/mol. The fourth-order valence-electron chi connectivity index (χ4n) is 9.81. The third-order valence-corrected chi connectivity index (χ3v) is 14.8. The molecule has 0 saturated heterocycles. The number of carbonyl (C=O) groups excluding carboxylic acids is 3. The van der Waals surface area contributed by atoms with Crippen molar-refractivity contribution in [2.24, 2.45) is 0 Å². The Hall–Kier alpha value is -2.63. The smallest absolute Gasteiger partial charge is 0.306 e. The van der Waals surface area contributed by atoms with Crippen LogP contribution in [0.4, 0.5) is 0 Å². The lowest BCUT2D eigenvalue weighted by molar-refractivity contribution is -0.167. The van der Waals surface area contributed by atoms with Gasteiger partial charge in [0.15, 0.2) is 6.10 Å². The second-order valence-electron chi connectivity index (χ2n) is 22.4. The van der Waals surface area contributed by atoms with E-state index in [4.69, 9.17) is 14.2 Å². The Kier molecular flexibility index (Phi) is 61.7. The van der Waals surface area contributed by atoms with E-state index in [0.717, 1.165) is 89.9 Å². The van der Waals surface area contributed by atoms with Crippen molar-refractivity contribution in [1.82, 2.24) is 0 Å². The standard InChI is InChI=1S/C69H126O6/c1-4-7-10-13-16-19-22-24-26-28-30-32-34-36-37-39-41-43-45-47-50-53-56-59-62-68(71)74-65-66(64-73-67(70)61-58-55-52-49-21-18-15-12-9-6-3)75-69(72)63-60-57-54-51-48-46-44-42-40-38-35-33-31-29-27-25-23-20-17-14-11-8-5-2/h12,15,23,25,29,31,35,38,66H,4-11,13-14,16-22,24,26-28,30,32-34,36-37,39-65H2,1-3H3/b15-12-,25-23-,31-29-,38-35-. The largest absolute Gasteiger partial charge is 0.462 e. The first-order valence-corrected chi connectivity index (χ1v) is 33.1. The topological polar surface area (TPSA) is 78.9 Å². The minimum atomic E-state index is -0.779. The number of allylic oxidation sites excluding steroid dienone is 8. The quantitative estimate of drug-likeness (QED) is 0.0261. The Morgan fingerprint density at radius 3 is 0.813 bits per heavy atom. The summed E-state index contributed by atoms with van der Waals surface area (Å²) in [5, 5.41) is 0. The Bertz CT molecular complexity index is 1300. The Morgan fingerprint density at radius 1 is 0.267 bits per heavy atom. The zero-order valence-corrected chi connectivity index (χ0v) is 50.3. The number of hydrogen-bond donors (Lipinski definition) is 0. The minimum absolute atomic E-state index is 0.0754. The highest BCUT2D eigenvalue weighted by molar-refractivity contribution is 5.71. The molecule has 6 heteroatoms. The highest BCUT2D eigenvalue weighted by atomic mass is 16.6. The molecule has 0 N–H and O–H groups in total. The summed E-state index contributed by atoms with van der Waals surface area (Å²) in [6.07, 6.45) is 79.9. The SMILES string of the molecule is CCC/C=C\CCCCCCCC(=O)OCC(COC(=O)CCCCCCCCCCCCCCCCCCCCCCCCCC)OC(=O)CCCCCCCCCC/C=C\C/C=C\C/C=C\CCCCCCC. The van der Waals surface area contributed by atoms with Crippen LogP contribution in [0.5, 0.6) is 0 Å².